The average molecular weight is 419 g/mol. The van der Waals surface area contributed by atoms with E-state index in [2.05, 4.69) is 0 Å². The molecule has 1 fully saturated rings. The summed E-state index contributed by atoms with van der Waals surface area (Å²) in [4.78, 5) is 24.7. The van der Waals surface area contributed by atoms with E-state index in [0.717, 1.165) is 18.7 Å². The van der Waals surface area contributed by atoms with Gasteiger partial charge < -0.3 is 25.6 Å². The smallest absolute Gasteiger partial charge is 0.297 e. The number of allylic oxidation sites excluding steroid dienone is 5. The maximum atomic E-state index is 12.5. The van der Waals surface area contributed by atoms with Gasteiger partial charge in [-0.1, -0.05) is 37.3 Å². The number of hydrogen-bond donors (Lipinski definition) is 5. The van der Waals surface area contributed by atoms with Gasteiger partial charge in [0.2, 0.25) is 0 Å². The Bertz CT molecular complexity index is 885. The first kappa shape index (κ1) is 23.6. The molecule has 1 saturated carbocycles. The lowest BCUT2D eigenvalue weighted by Gasteiger charge is -2.35. The highest BCUT2D eigenvalue weighted by Crippen LogP contribution is 2.41. The maximum Gasteiger partial charge on any atom is 0.297 e. The van der Waals surface area contributed by atoms with Gasteiger partial charge in [0, 0.05) is 12.2 Å². The molecule has 0 aliphatic heterocycles. The zero-order valence-electron chi connectivity index (χ0n) is 16.9. The van der Waals surface area contributed by atoms with Crippen LogP contribution in [0, 0.1) is 5.92 Å². The average Bonchev–Trinajstić information content (AvgIpc) is 2.72. The Morgan fingerprint density at radius 2 is 1.90 bits per heavy atom. The van der Waals surface area contributed by atoms with Gasteiger partial charge in [0.15, 0.2) is 5.78 Å². The summed E-state index contributed by atoms with van der Waals surface area (Å²) < 4.78 is 0.178. The first-order chi connectivity index (χ1) is 14.2. The molecule has 1 aromatic rings. The lowest BCUT2D eigenvalue weighted by Crippen LogP contribution is -2.36. The Morgan fingerprint density at radius 1 is 1.27 bits per heavy atom. The van der Waals surface area contributed by atoms with Crippen LogP contribution in [0.1, 0.15) is 54.9 Å². The largest absolute Gasteiger partial charge is 0.506 e. The summed E-state index contributed by atoms with van der Waals surface area (Å²) in [7, 11) is 0. The van der Waals surface area contributed by atoms with Crippen molar-refractivity contribution in [2.24, 2.45) is 5.92 Å². The molecule has 5 N–H and O–H groups in total. The van der Waals surface area contributed by atoms with E-state index in [1.807, 2.05) is 13.0 Å². The van der Waals surface area contributed by atoms with Gasteiger partial charge in [-0.2, -0.15) is 4.73 Å². The summed E-state index contributed by atoms with van der Waals surface area (Å²) in [6.07, 6.45) is 11.2. The van der Waals surface area contributed by atoms with Crippen LogP contribution in [-0.4, -0.2) is 48.9 Å². The second-order valence-electron chi connectivity index (χ2n) is 7.52. The van der Waals surface area contributed by atoms with E-state index in [1.54, 1.807) is 18.2 Å². The molecule has 1 aromatic heterocycles. The van der Waals surface area contributed by atoms with Crippen LogP contribution in [0.2, 0.25) is 0 Å². The summed E-state index contributed by atoms with van der Waals surface area (Å²) in [5.74, 6) is -1.44. The van der Waals surface area contributed by atoms with Gasteiger partial charge in [-0.25, -0.2) is 0 Å². The van der Waals surface area contributed by atoms with Gasteiger partial charge in [-0.15, -0.1) is 0 Å². The van der Waals surface area contributed by atoms with E-state index in [1.165, 1.54) is 6.08 Å². The van der Waals surface area contributed by atoms with Crippen molar-refractivity contribution >= 4 is 5.78 Å². The Kier molecular flexibility index (Phi) is 8.16. The molecule has 1 aliphatic carbocycles. The van der Waals surface area contributed by atoms with E-state index in [0.29, 0.717) is 0 Å². The molecule has 2 rings (SSSR count). The van der Waals surface area contributed by atoms with Crippen molar-refractivity contribution in [2.45, 2.75) is 50.7 Å². The number of carbonyl (C=O) groups is 1. The lowest BCUT2D eigenvalue weighted by molar-refractivity contribution is -0.0389. The number of pyridine rings is 1. The summed E-state index contributed by atoms with van der Waals surface area (Å²) in [6, 6.07) is 0. The normalized spacial score (nSPS) is 23.5. The molecule has 0 bridgehead atoms. The van der Waals surface area contributed by atoms with Crippen molar-refractivity contribution < 1.29 is 30.4 Å². The monoisotopic (exact) mass is 419 g/mol. The SMILES string of the molecule is CCC(/C=C/C=C/C=C/C(=O)c1c(O)c(C2(O)CCC(O)CC2)cn(O)c1=O)CO. The van der Waals surface area contributed by atoms with Crippen LogP contribution < -0.4 is 5.56 Å². The van der Waals surface area contributed by atoms with Crippen LogP contribution in [0.3, 0.4) is 0 Å². The number of hydrogen-bond acceptors (Lipinski definition) is 7. The molecule has 1 atom stereocenters. The zero-order chi connectivity index (χ0) is 22.3. The molecule has 1 aliphatic rings. The number of ketones is 1. The highest BCUT2D eigenvalue weighted by molar-refractivity contribution is 6.06. The topological polar surface area (TPSA) is 140 Å². The number of aliphatic hydroxyl groups is 3. The molecule has 0 radical (unpaired) electrons. The van der Waals surface area contributed by atoms with E-state index >= 15 is 0 Å². The fraction of sp³-hybridized carbons (Fsp3) is 0.455. The van der Waals surface area contributed by atoms with Crippen LogP contribution in [-0.2, 0) is 5.60 Å². The number of carbonyl (C=O) groups excluding carboxylic acids is 1. The quantitative estimate of drug-likeness (QED) is 0.187. The first-order valence-corrected chi connectivity index (χ1v) is 9.99. The highest BCUT2D eigenvalue weighted by atomic mass is 16.5. The lowest BCUT2D eigenvalue weighted by atomic mass is 9.78. The van der Waals surface area contributed by atoms with Gasteiger partial charge in [0.05, 0.1) is 17.9 Å². The number of aromatic hydroxyl groups is 1. The molecule has 0 amide bonds. The van der Waals surface area contributed by atoms with Crippen LogP contribution in [0.25, 0.3) is 0 Å². The number of rotatable bonds is 8. The molecular weight excluding hydrogens is 390 g/mol. The highest BCUT2D eigenvalue weighted by Gasteiger charge is 2.38. The molecule has 164 valence electrons. The molecule has 0 aromatic carbocycles. The Balaban J connectivity index is 2.25. The Labute approximate surface area is 174 Å². The predicted molar refractivity (Wildman–Crippen MR) is 111 cm³/mol. The van der Waals surface area contributed by atoms with Gasteiger partial charge in [-0.05, 0) is 44.1 Å². The second-order valence-corrected chi connectivity index (χ2v) is 7.52. The standard InChI is InChI=1S/C22H29NO7/c1-2-15(14-24)7-5-3-4-6-8-18(26)19-20(27)17(13-23(30)21(19)28)22(29)11-9-16(25)10-12-22/h3-8,13,15-16,24-25,27,29-30H,2,9-12,14H2,1H3/b4-3+,7-5+,8-6+. The van der Waals surface area contributed by atoms with E-state index in [4.69, 9.17) is 5.11 Å². The van der Waals surface area contributed by atoms with Crippen molar-refractivity contribution in [3.05, 3.63) is 64.1 Å². The maximum absolute atomic E-state index is 12.5. The van der Waals surface area contributed by atoms with Gasteiger partial charge >= 0.3 is 0 Å². The molecule has 1 heterocycles. The van der Waals surface area contributed by atoms with Crippen molar-refractivity contribution in [1.82, 2.24) is 4.73 Å². The third-order valence-corrected chi connectivity index (χ3v) is 5.42. The van der Waals surface area contributed by atoms with Gasteiger partial charge in [0.1, 0.15) is 11.3 Å². The summed E-state index contributed by atoms with van der Waals surface area (Å²) in [6.45, 7) is 2.00. The Morgan fingerprint density at radius 3 is 2.50 bits per heavy atom. The van der Waals surface area contributed by atoms with Crippen LogP contribution >= 0.6 is 0 Å². The van der Waals surface area contributed by atoms with Crippen molar-refractivity contribution in [1.29, 1.82) is 0 Å². The zero-order valence-corrected chi connectivity index (χ0v) is 16.9. The van der Waals surface area contributed by atoms with Crippen LogP contribution in [0.5, 0.6) is 5.75 Å². The number of aliphatic hydroxyl groups excluding tert-OH is 2. The minimum atomic E-state index is -1.56. The predicted octanol–water partition coefficient (Wildman–Crippen LogP) is 1.78. The number of nitrogens with zero attached hydrogens (tertiary/aromatic N) is 1. The van der Waals surface area contributed by atoms with Crippen molar-refractivity contribution in [2.75, 3.05) is 6.61 Å². The van der Waals surface area contributed by atoms with Gasteiger partial charge in [0.25, 0.3) is 5.56 Å². The third-order valence-electron chi connectivity index (χ3n) is 5.42. The molecule has 0 spiro atoms. The molecule has 1 unspecified atom stereocenters. The summed E-state index contributed by atoms with van der Waals surface area (Å²) >= 11 is 0. The van der Waals surface area contributed by atoms with Crippen LogP contribution in [0.15, 0.2) is 47.4 Å². The van der Waals surface area contributed by atoms with Crippen LogP contribution in [0.4, 0.5) is 0 Å². The molecule has 8 nitrogen and oxygen atoms in total. The van der Waals surface area contributed by atoms with E-state index in [-0.39, 0.29) is 48.5 Å². The minimum Gasteiger partial charge on any atom is -0.506 e. The van der Waals surface area contributed by atoms with E-state index in [9.17, 15) is 30.1 Å². The van der Waals surface area contributed by atoms with Crippen molar-refractivity contribution in [3.8, 4) is 5.75 Å². The fourth-order valence-electron chi connectivity index (χ4n) is 3.41. The molecular formula is C22H29NO7. The first-order valence-electron chi connectivity index (χ1n) is 9.99. The number of aromatic nitrogens is 1. The van der Waals surface area contributed by atoms with Gasteiger partial charge in [-0.3, -0.25) is 9.59 Å². The Hall–Kier alpha value is -2.68. The summed E-state index contributed by atoms with van der Waals surface area (Å²) in [5, 5.41) is 50.1. The fourth-order valence-corrected chi connectivity index (χ4v) is 3.41. The summed E-state index contributed by atoms with van der Waals surface area (Å²) in [5.41, 5.74) is -3.42. The molecule has 8 heteroatoms. The second kappa shape index (κ2) is 10.4. The minimum absolute atomic E-state index is 0.0452. The third kappa shape index (κ3) is 5.47. The van der Waals surface area contributed by atoms with Crippen molar-refractivity contribution in [3.63, 3.8) is 0 Å². The molecule has 30 heavy (non-hydrogen) atoms. The van der Waals surface area contributed by atoms with E-state index < -0.39 is 34.4 Å². The molecule has 0 saturated heterocycles.